The minimum atomic E-state index is -1.91. The maximum absolute atomic E-state index is 11.3. The van der Waals surface area contributed by atoms with Crippen LogP contribution in [0.15, 0.2) is 12.7 Å². The molecule has 0 aromatic rings. The van der Waals surface area contributed by atoms with Crippen molar-refractivity contribution in [2.45, 2.75) is 18.3 Å². The molecule has 0 bridgehead atoms. The SMILES string of the molecule is C=CCOC(=O)NCC(=O)[C@@H](O)[C@H](O)C(O)CO. The standard InChI is InChI=1S/C10H17NO7/c1-2-3-18-10(17)11-4-6(13)8(15)9(16)7(14)5-12/h2,7-9,12,14-16H,1,3-5H2,(H,11,17)/t7?,8-,9-/m1/s1. The molecule has 18 heavy (non-hydrogen) atoms. The molecule has 0 rings (SSSR count). The number of rotatable bonds is 8. The second kappa shape index (κ2) is 8.59. The van der Waals surface area contributed by atoms with E-state index in [9.17, 15) is 19.8 Å². The molecular weight excluding hydrogens is 246 g/mol. The molecule has 0 aliphatic heterocycles. The maximum atomic E-state index is 11.3. The summed E-state index contributed by atoms with van der Waals surface area (Å²) >= 11 is 0. The molecule has 0 heterocycles. The Kier molecular flexibility index (Phi) is 7.88. The van der Waals surface area contributed by atoms with E-state index in [0.717, 1.165) is 0 Å². The largest absolute Gasteiger partial charge is 0.445 e. The molecule has 0 radical (unpaired) electrons. The van der Waals surface area contributed by atoms with Crippen molar-refractivity contribution in [1.82, 2.24) is 5.32 Å². The lowest BCUT2D eigenvalue weighted by Gasteiger charge is -2.20. The molecule has 8 heteroatoms. The van der Waals surface area contributed by atoms with E-state index >= 15 is 0 Å². The van der Waals surface area contributed by atoms with Crippen molar-refractivity contribution in [1.29, 1.82) is 0 Å². The van der Waals surface area contributed by atoms with Crippen molar-refractivity contribution in [3.8, 4) is 0 Å². The fraction of sp³-hybridized carbons (Fsp3) is 0.600. The number of aliphatic hydroxyl groups is 4. The van der Waals surface area contributed by atoms with Crippen LogP contribution >= 0.6 is 0 Å². The predicted octanol–water partition coefficient (Wildman–Crippen LogP) is -2.46. The molecule has 8 nitrogen and oxygen atoms in total. The second-order valence-electron chi connectivity index (χ2n) is 3.39. The summed E-state index contributed by atoms with van der Waals surface area (Å²) in [5, 5.41) is 38.1. The number of aliphatic hydroxyl groups excluding tert-OH is 4. The third-order valence-corrected chi connectivity index (χ3v) is 1.97. The smallest absolute Gasteiger partial charge is 0.407 e. The fourth-order valence-corrected chi connectivity index (χ4v) is 0.958. The number of alkyl carbamates (subject to hydrolysis) is 1. The van der Waals surface area contributed by atoms with Crippen molar-refractivity contribution in [3.05, 3.63) is 12.7 Å². The minimum absolute atomic E-state index is 0.0333. The molecule has 0 saturated heterocycles. The molecule has 0 aromatic heterocycles. The van der Waals surface area contributed by atoms with Gasteiger partial charge in [-0.25, -0.2) is 4.79 Å². The number of carbonyl (C=O) groups is 2. The molecule has 0 spiro atoms. The lowest BCUT2D eigenvalue weighted by Crippen LogP contribution is -2.47. The molecule has 1 unspecified atom stereocenters. The van der Waals surface area contributed by atoms with Crippen LogP contribution < -0.4 is 5.32 Å². The Hall–Kier alpha value is -1.48. The summed E-state index contributed by atoms with van der Waals surface area (Å²) in [6, 6.07) is 0. The molecule has 0 aliphatic carbocycles. The van der Waals surface area contributed by atoms with Gasteiger partial charge in [-0.2, -0.15) is 0 Å². The lowest BCUT2D eigenvalue weighted by atomic mass is 10.0. The van der Waals surface area contributed by atoms with Gasteiger partial charge in [0.15, 0.2) is 5.78 Å². The third-order valence-electron chi connectivity index (χ3n) is 1.97. The van der Waals surface area contributed by atoms with Crippen molar-refractivity contribution in [2.75, 3.05) is 19.8 Å². The number of hydrogen-bond donors (Lipinski definition) is 5. The highest BCUT2D eigenvalue weighted by atomic mass is 16.5. The normalized spacial score (nSPS) is 15.3. The van der Waals surface area contributed by atoms with Gasteiger partial charge < -0.3 is 30.5 Å². The fourth-order valence-electron chi connectivity index (χ4n) is 0.958. The highest BCUT2D eigenvalue weighted by Crippen LogP contribution is 2.01. The van der Waals surface area contributed by atoms with E-state index in [4.69, 9.17) is 10.2 Å². The van der Waals surface area contributed by atoms with Crippen LogP contribution in [0.25, 0.3) is 0 Å². The van der Waals surface area contributed by atoms with E-state index in [-0.39, 0.29) is 6.61 Å². The molecule has 3 atom stereocenters. The van der Waals surface area contributed by atoms with Gasteiger partial charge in [-0.1, -0.05) is 12.7 Å². The van der Waals surface area contributed by atoms with Gasteiger partial charge >= 0.3 is 6.09 Å². The summed E-state index contributed by atoms with van der Waals surface area (Å²) in [6.45, 7) is 1.90. The molecule has 0 aliphatic rings. The lowest BCUT2D eigenvalue weighted by molar-refractivity contribution is -0.139. The van der Waals surface area contributed by atoms with Crippen LogP contribution in [0.1, 0.15) is 0 Å². The molecular formula is C10H17NO7. The van der Waals surface area contributed by atoms with Gasteiger partial charge in [-0.3, -0.25) is 4.79 Å². The molecule has 5 N–H and O–H groups in total. The van der Waals surface area contributed by atoms with Crippen molar-refractivity contribution in [3.63, 3.8) is 0 Å². The summed E-state index contributed by atoms with van der Waals surface area (Å²) < 4.78 is 4.50. The van der Waals surface area contributed by atoms with Gasteiger partial charge in [0.05, 0.1) is 13.2 Å². The van der Waals surface area contributed by atoms with Crippen LogP contribution in [0.4, 0.5) is 4.79 Å². The number of amides is 1. The van der Waals surface area contributed by atoms with Crippen LogP contribution in [0, 0.1) is 0 Å². The van der Waals surface area contributed by atoms with Gasteiger partial charge in [-0.05, 0) is 0 Å². The maximum Gasteiger partial charge on any atom is 0.407 e. The van der Waals surface area contributed by atoms with E-state index in [0.29, 0.717) is 0 Å². The number of Topliss-reactive ketones (excluding diaryl/α,β-unsaturated/α-hetero) is 1. The van der Waals surface area contributed by atoms with Gasteiger partial charge in [-0.15, -0.1) is 0 Å². The number of hydrogen-bond acceptors (Lipinski definition) is 7. The summed E-state index contributed by atoms with van der Waals surface area (Å²) in [6.07, 6.45) is -4.93. The van der Waals surface area contributed by atoms with E-state index in [1.807, 2.05) is 5.32 Å². The van der Waals surface area contributed by atoms with E-state index in [2.05, 4.69) is 11.3 Å². The van der Waals surface area contributed by atoms with Gasteiger partial charge in [0.2, 0.25) is 0 Å². The van der Waals surface area contributed by atoms with Crippen LogP contribution in [-0.2, 0) is 9.53 Å². The van der Waals surface area contributed by atoms with Crippen LogP contribution in [-0.4, -0.2) is 70.4 Å². The van der Waals surface area contributed by atoms with Crippen molar-refractivity contribution < 1.29 is 34.8 Å². The molecule has 1 amide bonds. The Morgan fingerprint density at radius 2 is 1.94 bits per heavy atom. The van der Waals surface area contributed by atoms with Crippen LogP contribution in [0.3, 0.4) is 0 Å². The van der Waals surface area contributed by atoms with Crippen molar-refractivity contribution >= 4 is 11.9 Å². The predicted molar refractivity (Wildman–Crippen MR) is 59.7 cm³/mol. The molecule has 0 fully saturated rings. The first kappa shape index (κ1) is 16.5. The summed E-state index contributed by atoms with van der Waals surface area (Å²) in [4.78, 5) is 22.2. The summed E-state index contributed by atoms with van der Waals surface area (Å²) in [5.41, 5.74) is 0. The Morgan fingerprint density at radius 3 is 2.44 bits per heavy atom. The van der Waals surface area contributed by atoms with E-state index in [1.54, 1.807) is 0 Å². The average molecular weight is 263 g/mol. The first-order chi connectivity index (χ1) is 8.43. The Balaban J connectivity index is 4.08. The topological polar surface area (TPSA) is 136 Å². The second-order valence-corrected chi connectivity index (χ2v) is 3.39. The first-order valence-corrected chi connectivity index (χ1v) is 5.13. The van der Waals surface area contributed by atoms with Crippen LogP contribution in [0.2, 0.25) is 0 Å². The number of ketones is 1. The zero-order valence-electron chi connectivity index (χ0n) is 9.65. The zero-order valence-corrected chi connectivity index (χ0v) is 9.65. The number of carbonyl (C=O) groups excluding carboxylic acids is 2. The van der Waals surface area contributed by atoms with Crippen LogP contribution in [0.5, 0.6) is 0 Å². The molecule has 104 valence electrons. The quantitative estimate of drug-likeness (QED) is 0.306. The summed E-state index contributed by atoms with van der Waals surface area (Å²) in [7, 11) is 0. The Labute approximate surface area is 103 Å². The van der Waals surface area contributed by atoms with Crippen molar-refractivity contribution in [2.24, 2.45) is 0 Å². The number of ether oxygens (including phenoxy) is 1. The summed E-state index contributed by atoms with van der Waals surface area (Å²) in [5.74, 6) is -0.925. The van der Waals surface area contributed by atoms with E-state index < -0.39 is 43.3 Å². The molecule has 0 saturated carbocycles. The number of nitrogens with one attached hydrogen (secondary N) is 1. The van der Waals surface area contributed by atoms with Gasteiger partial charge in [0, 0.05) is 0 Å². The van der Waals surface area contributed by atoms with E-state index in [1.165, 1.54) is 6.08 Å². The zero-order chi connectivity index (χ0) is 14.1. The highest BCUT2D eigenvalue weighted by Gasteiger charge is 2.29. The highest BCUT2D eigenvalue weighted by molar-refractivity contribution is 5.87. The Bertz CT molecular complexity index is 294. The van der Waals surface area contributed by atoms with Gasteiger partial charge in [0.1, 0.15) is 24.9 Å². The minimum Gasteiger partial charge on any atom is -0.445 e. The molecule has 0 aromatic carbocycles. The third kappa shape index (κ3) is 5.73. The Morgan fingerprint density at radius 1 is 1.33 bits per heavy atom. The average Bonchev–Trinajstić information content (AvgIpc) is 2.39. The van der Waals surface area contributed by atoms with Gasteiger partial charge in [0.25, 0.3) is 0 Å². The first-order valence-electron chi connectivity index (χ1n) is 5.13. The monoisotopic (exact) mass is 263 g/mol.